The molecule has 2 N–H and O–H groups in total. The molecule has 0 atom stereocenters. The van der Waals surface area contributed by atoms with Crippen LogP contribution in [0.1, 0.15) is 13.8 Å². The van der Waals surface area contributed by atoms with Gasteiger partial charge in [0.2, 0.25) is 5.91 Å². The van der Waals surface area contributed by atoms with Crippen molar-refractivity contribution in [2.24, 2.45) is 0 Å². The summed E-state index contributed by atoms with van der Waals surface area (Å²) in [7, 11) is 0. The van der Waals surface area contributed by atoms with Crippen LogP contribution < -0.4 is 16.2 Å². The first-order valence-electron chi connectivity index (χ1n) is 6.62. The molecule has 2 rings (SSSR count). The van der Waals surface area contributed by atoms with E-state index in [0.29, 0.717) is 10.9 Å². The number of urea groups is 1. The van der Waals surface area contributed by atoms with E-state index in [1.165, 1.54) is 6.33 Å². The summed E-state index contributed by atoms with van der Waals surface area (Å²) in [5, 5.41) is 5.09. The molecule has 0 aliphatic carbocycles. The lowest BCUT2D eigenvalue weighted by molar-refractivity contribution is -0.120. The smallest absolute Gasteiger partial charge is 0.321 e. The zero-order valence-electron chi connectivity index (χ0n) is 12.1. The minimum atomic E-state index is -0.593. The summed E-state index contributed by atoms with van der Waals surface area (Å²) in [5.41, 5.74) is 0.202. The van der Waals surface area contributed by atoms with Crippen molar-refractivity contribution in [1.82, 2.24) is 20.2 Å². The normalized spacial score (nSPS) is 10.7. The number of rotatable bonds is 3. The highest BCUT2D eigenvalue weighted by Crippen LogP contribution is 2.14. The van der Waals surface area contributed by atoms with Gasteiger partial charge < -0.3 is 5.32 Å². The zero-order chi connectivity index (χ0) is 16.3. The molecule has 0 unspecified atom stereocenters. The number of hydrogen-bond acceptors (Lipinski definition) is 4. The fourth-order valence-corrected chi connectivity index (χ4v) is 2.22. The lowest BCUT2D eigenvalue weighted by Gasteiger charge is -2.10. The van der Waals surface area contributed by atoms with Crippen LogP contribution in [0.2, 0.25) is 0 Å². The summed E-state index contributed by atoms with van der Waals surface area (Å²) in [4.78, 5) is 39.7. The number of benzene rings is 1. The average Bonchev–Trinajstić information content (AvgIpc) is 2.41. The van der Waals surface area contributed by atoms with E-state index >= 15 is 0 Å². The van der Waals surface area contributed by atoms with Gasteiger partial charge in [0.05, 0.1) is 17.2 Å². The first-order valence-corrected chi connectivity index (χ1v) is 7.41. The molecule has 0 bridgehead atoms. The van der Waals surface area contributed by atoms with Crippen molar-refractivity contribution in [3.8, 4) is 0 Å². The number of carbonyl (C=O) groups is 2. The summed E-state index contributed by atoms with van der Waals surface area (Å²) in [6, 6.07) is 4.45. The molecule has 1 aromatic heterocycles. The molecule has 0 aliphatic rings. The SMILES string of the molecule is CC(C)NC(=O)NC(=O)Cn1cnc2ccc(Br)cc2c1=O. The van der Waals surface area contributed by atoms with Crippen LogP contribution in [0.4, 0.5) is 4.79 Å². The van der Waals surface area contributed by atoms with Gasteiger partial charge in [-0.15, -0.1) is 0 Å². The molecule has 0 aliphatic heterocycles. The fourth-order valence-electron chi connectivity index (χ4n) is 1.86. The van der Waals surface area contributed by atoms with Gasteiger partial charge in [-0.25, -0.2) is 9.78 Å². The Kier molecular flexibility index (Phi) is 4.92. The molecule has 1 heterocycles. The molecular weight excluding hydrogens is 352 g/mol. The van der Waals surface area contributed by atoms with Gasteiger partial charge in [0.1, 0.15) is 6.54 Å². The van der Waals surface area contributed by atoms with Crippen molar-refractivity contribution >= 4 is 38.8 Å². The number of carbonyl (C=O) groups excluding carboxylic acids is 2. The molecular formula is C14H15BrN4O3. The number of halogens is 1. The molecule has 3 amide bonds. The van der Waals surface area contributed by atoms with Gasteiger partial charge in [-0.3, -0.25) is 19.5 Å². The summed E-state index contributed by atoms with van der Waals surface area (Å²) >= 11 is 3.29. The van der Waals surface area contributed by atoms with Crippen LogP contribution in [0, 0.1) is 0 Å². The van der Waals surface area contributed by atoms with Crippen molar-refractivity contribution in [1.29, 1.82) is 0 Å². The Morgan fingerprint density at radius 3 is 2.77 bits per heavy atom. The molecule has 8 heteroatoms. The first kappa shape index (κ1) is 16.2. The zero-order valence-corrected chi connectivity index (χ0v) is 13.7. The molecule has 116 valence electrons. The van der Waals surface area contributed by atoms with E-state index in [0.717, 1.165) is 9.04 Å². The maximum atomic E-state index is 12.3. The lowest BCUT2D eigenvalue weighted by atomic mass is 10.2. The molecule has 0 saturated carbocycles. The van der Waals surface area contributed by atoms with E-state index in [-0.39, 0.29) is 18.1 Å². The summed E-state index contributed by atoms with van der Waals surface area (Å²) in [5.74, 6) is -0.587. The van der Waals surface area contributed by atoms with Gasteiger partial charge in [0.25, 0.3) is 5.56 Å². The van der Waals surface area contributed by atoms with Crippen molar-refractivity contribution < 1.29 is 9.59 Å². The Bertz CT molecular complexity index is 785. The quantitative estimate of drug-likeness (QED) is 0.858. The highest BCUT2D eigenvalue weighted by Gasteiger charge is 2.11. The van der Waals surface area contributed by atoms with Crippen LogP contribution in [0.15, 0.2) is 33.8 Å². The minimum absolute atomic E-state index is 0.0878. The number of nitrogens with zero attached hydrogens (tertiary/aromatic N) is 2. The maximum absolute atomic E-state index is 12.3. The van der Waals surface area contributed by atoms with Crippen LogP contribution in [0.5, 0.6) is 0 Å². The third-order valence-electron chi connectivity index (χ3n) is 2.77. The largest absolute Gasteiger partial charge is 0.336 e. The van der Waals surface area contributed by atoms with E-state index in [9.17, 15) is 14.4 Å². The Morgan fingerprint density at radius 2 is 2.09 bits per heavy atom. The molecule has 22 heavy (non-hydrogen) atoms. The Labute approximate surface area is 134 Å². The highest BCUT2D eigenvalue weighted by atomic mass is 79.9. The number of aromatic nitrogens is 2. The molecule has 0 saturated heterocycles. The Morgan fingerprint density at radius 1 is 1.36 bits per heavy atom. The van der Waals surface area contributed by atoms with E-state index in [2.05, 4.69) is 31.5 Å². The predicted molar refractivity (Wildman–Crippen MR) is 85.5 cm³/mol. The van der Waals surface area contributed by atoms with Gasteiger partial charge >= 0.3 is 6.03 Å². The van der Waals surface area contributed by atoms with Crippen LogP contribution in [0.25, 0.3) is 10.9 Å². The van der Waals surface area contributed by atoms with E-state index in [4.69, 9.17) is 0 Å². The van der Waals surface area contributed by atoms with Crippen molar-refractivity contribution in [2.75, 3.05) is 0 Å². The third-order valence-corrected chi connectivity index (χ3v) is 3.27. The third kappa shape index (κ3) is 3.91. The van der Waals surface area contributed by atoms with Crippen molar-refractivity contribution in [3.05, 3.63) is 39.4 Å². The predicted octanol–water partition coefficient (Wildman–Crippen LogP) is 1.39. The van der Waals surface area contributed by atoms with E-state index in [1.807, 2.05) is 0 Å². The standard InChI is InChI=1S/C14H15BrN4O3/c1-8(2)17-14(22)18-12(20)6-19-7-16-11-4-3-9(15)5-10(11)13(19)21/h3-5,7-8H,6H2,1-2H3,(H2,17,18,20,22). The van der Waals surface area contributed by atoms with Gasteiger partial charge in [-0.2, -0.15) is 0 Å². The summed E-state index contributed by atoms with van der Waals surface area (Å²) in [6.45, 7) is 3.28. The van der Waals surface area contributed by atoms with E-state index < -0.39 is 11.9 Å². The van der Waals surface area contributed by atoms with Crippen molar-refractivity contribution in [2.45, 2.75) is 26.4 Å². The molecule has 2 aromatic rings. The van der Waals surface area contributed by atoms with Gasteiger partial charge in [0, 0.05) is 10.5 Å². The Hall–Kier alpha value is -2.22. The molecule has 0 spiro atoms. The second kappa shape index (κ2) is 6.69. The average molecular weight is 367 g/mol. The summed E-state index contributed by atoms with van der Waals surface area (Å²) in [6.07, 6.45) is 1.29. The number of hydrogen-bond donors (Lipinski definition) is 2. The molecule has 0 radical (unpaired) electrons. The van der Waals surface area contributed by atoms with E-state index in [1.54, 1.807) is 32.0 Å². The topological polar surface area (TPSA) is 93.1 Å². The van der Waals surface area contributed by atoms with Crippen LogP contribution >= 0.6 is 15.9 Å². The second-order valence-electron chi connectivity index (χ2n) is 5.02. The maximum Gasteiger partial charge on any atom is 0.321 e. The molecule has 1 aromatic carbocycles. The Balaban J connectivity index is 2.18. The lowest BCUT2D eigenvalue weighted by Crippen LogP contribution is -2.44. The van der Waals surface area contributed by atoms with Gasteiger partial charge in [-0.05, 0) is 32.0 Å². The van der Waals surface area contributed by atoms with Crippen LogP contribution in [0.3, 0.4) is 0 Å². The number of fused-ring (bicyclic) bond motifs is 1. The second-order valence-corrected chi connectivity index (χ2v) is 5.93. The minimum Gasteiger partial charge on any atom is -0.336 e. The highest BCUT2D eigenvalue weighted by molar-refractivity contribution is 9.10. The monoisotopic (exact) mass is 366 g/mol. The first-order chi connectivity index (χ1) is 10.4. The number of imide groups is 1. The fraction of sp³-hybridized carbons (Fsp3) is 0.286. The summed E-state index contributed by atoms with van der Waals surface area (Å²) < 4.78 is 1.91. The molecule has 7 nitrogen and oxygen atoms in total. The van der Waals surface area contributed by atoms with Gasteiger partial charge in [0.15, 0.2) is 0 Å². The molecule has 0 fully saturated rings. The van der Waals surface area contributed by atoms with Crippen molar-refractivity contribution in [3.63, 3.8) is 0 Å². The van der Waals surface area contributed by atoms with Crippen LogP contribution in [-0.4, -0.2) is 27.5 Å². The number of amides is 3. The van der Waals surface area contributed by atoms with Gasteiger partial charge in [-0.1, -0.05) is 15.9 Å². The van der Waals surface area contributed by atoms with Crippen LogP contribution in [-0.2, 0) is 11.3 Å². The number of nitrogens with one attached hydrogen (secondary N) is 2.